The number of para-hydroxylation sites is 1. The Morgan fingerprint density at radius 2 is 2.19 bits per heavy atom. The molecule has 0 aliphatic rings. The molecule has 0 spiro atoms. The first-order valence-corrected chi connectivity index (χ1v) is 5.68. The van der Waals surface area contributed by atoms with Gasteiger partial charge in [-0.1, -0.05) is 30.7 Å². The summed E-state index contributed by atoms with van der Waals surface area (Å²) in [6.07, 6.45) is 0. The number of hydrogen-bond acceptors (Lipinski definition) is 3. The Bertz CT molecular complexity index is 355. The van der Waals surface area contributed by atoms with Crippen molar-refractivity contribution < 1.29 is 9.53 Å². The van der Waals surface area contributed by atoms with E-state index in [0.29, 0.717) is 18.2 Å². The van der Waals surface area contributed by atoms with Crippen molar-refractivity contribution in [1.82, 2.24) is 0 Å². The van der Waals surface area contributed by atoms with Crippen molar-refractivity contribution >= 4 is 23.3 Å². The molecule has 0 saturated carbocycles. The molecule has 0 radical (unpaired) electrons. The lowest BCUT2D eigenvalue weighted by Gasteiger charge is -2.13. The molecule has 1 rings (SSSR count). The van der Waals surface area contributed by atoms with Gasteiger partial charge in [-0.3, -0.25) is 4.79 Å². The van der Waals surface area contributed by atoms with Crippen LogP contribution in [0, 0.1) is 5.92 Å². The highest BCUT2D eigenvalue weighted by atomic mass is 35.5. The topological polar surface area (TPSA) is 38.3 Å². The van der Waals surface area contributed by atoms with E-state index in [1.54, 1.807) is 13.0 Å². The van der Waals surface area contributed by atoms with Crippen LogP contribution in [-0.2, 0) is 9.53 Å². The first kappa shape index (κ1) is 12.8. The van der Waals surface area contributed by atoms with Crippen LogP contribution in [0.4, 0.5) is 5.69 Å². The number of ether oxygens (including phenoxy) is 1. The predicted octanol–water partition coefficient (Wildman–Crippen LogP) is 2.95. The van der Waals surface area contributed by atoms with Crippen molar-refractivity contribution in [2.45, 2.75) is 13.8 Å². The second kappa shape index (κ2) is 6.38. The molecular weight excluding hydrogens is 226 g/mol. The fourth-order valence-corrected chi connectivity index (χ4v) is 1.44. The van der Waals surface area contributed by atoms with Gasteiger partial charge >= 0.3 is 5.97 Å². The van der Waals surface area contributed by atoms with E-state index >= 15 is 0 Å². The maximum Gasteiger partial charge on any atom is 0.310 e. The van der Waals surface area contributed by atoms with Crippen LogP contribution in [-0.4, -0.2) is 19.1 Å². The van der Waals surface area contributed by atoms with Crippen LogP contribution in [0.2, 0.25) is 5.02 Å². The van der Waals surface area contributed by atoms with Crippen molar-refractivity contribution in [3.05, 3.63) is 29.3 Å². The molecule has 1 aromatic rings. The number of carbonyl (C=O) groups excluding carboxylic acids is 1. The molecule has 1 atom stereocenters. The Labute approximate surface area is 101 Å². The van der Waals surface area contributed by atoms with E-state index < -0.39 is 0 Å². The Morgan fingerprint density at radius 3 is 2.81 bits per heavy atom. The minimum atomic E-state index is -0.193. The first-order chi connectivity index (χ1) is 7.65. The largest absolute Gasteiger partial charge is 0.466 e. The van der Waals surface area contributed by atoms with Crippen LogP contribution in [0.15, 0.2) is 24.3 Å². The van der Waals surface area contributed by atoms with Crippen LogP contribution in [0.1, 0.15) is 13.8 Å². The van der Waals surface area contributed by atoms with E-state index in [1.165, 1.54) is 0 Å². The minimum Gasteiger partial charge on any atom is -0.466 e. The maximum atomic E-state index is 11.4. The predicted molar refractivity (Wildman–Crippen MR) is 65.7 cm³/mol. The van der Waals surface area contributed by atoms with E-state index in [1.807, 2.05) is 25.1 Å². The lowest BCUT2D eigenvalue weighted by atomic mass is 10.2. The van der Waals surface area contributed by atoms with Crippen LogP contribution >= 0.6 is 11.6 Å². The fraction of sp³-hybridized carbons (Fsp3) is 0.417. The Kier molecular flexibility index (Phi) is 5.12. The second-order valence-corrected chi connectivity index (χ2v) is 3.92. The van der Waals surface area contributed by atoms with E-state index in [-0.39, 0.29) is 11.9 Å². The van der Waals surface area contributed by atoms with Crippen LogP contribution < -0.4 is 5.32 Å². The smallest absolute Gasteiger partial charge is 0.310 e. The van der Waals surface area contributed by atoms with Crippen molar-refractivity contribution in [3.8, 4) is 0 Å². The van der Waals surface area contributed by atoms with Gasteiger partial charge < -0.3 is 10.1 Å². The van der Waals surface area contributed by atoms with Crippen molar-refractivity contribution in [2.24, 2.45) is 5.92 Å². The van der Waals surface area contributed by atoms with Gasteiger partial charge in [-0.15, -0.1) is 0 Å². The van der Waals surface area contributed by atoms with Gasteiger partial charge in [0.2, 0.25) is 0 Å². The Balaban J connectivity index is 2.46. The summed E-state index contributed by atoms with van der Waals surface area (Å²) in [4.78, 5) is 11.4. The molecule has 0 saturated heterocycles. The van der Waals surface area contributed by atoms with Crippen molar-refractivity contribution in [1.29, 1.82) is 0 Å². The summed E-state index contributed by atoms with van der Waals surface area (Å²) in [5.74, 6) is -0.377. The van der Waals surface area contributed by atoms with Gasteiger partial charge in [-0.2, -0.15) is 0 Å². The number of hydrogen-bond donors (Lipinski definition) is 1. The van der Waals surface area contributed by atoms with Gasteiger partial charge in [-0.05, 0) is 19.1 Å². The quantitative estimate of drug-likeness (QED) is 0.806. The third-order valence-electron chi connectivity index (χ3n) is 2.16. The fourth-order valence-electron chi connectivity index (χ4n) is 1.24. The van der Waals surface area contributed by atoms with Gasteiger partial charge in [0, 0.05) is 6.54 Å². The summed E-state index contributed by atoms with van der Waals surface area (Å²) in [7, 11) is 0. The lowest BCUT2D eigenvalue weighted by Crippen LogP contribution is -2.22. The van der Waals surface area contributed by atoms with E-state index in [9.17, 15) is 4.79 Å². The first-order valence-electron chi connectivity index (χ1n) is 5.30. The molecule has 1 unspecified atom stereocenters. The van der Waals surface area contributed by atoms with Gasteiger partial charge in [0.1, 0.15) is 0 Å². The summed E-state index contributed by atoms with van der Waals surface area (Å²) in [6.45, 7) is 4.55. The highest BCUT2D eigenvalue weighted by molar-refractivity contribution is 6.33. The molecule has 0 aliphatic carbocycles. The number of rotatable bonds is 5. The summed E-state index contributed by atoms with van der Waals surface area (Å²) in [6, 6.07) is 7.44. The zero-order valence-corrected chi connectivity index (χ0v) is 10.3. The average molecular weight is 242 g/mol. The van der Waals surface area contributed by atoms with E-state index in [0.717, 1.165) is 5.69 Å². The molecule has 1 aromatic carbocycles. The standard InChI is InChI=1S/C12H16ClNO2/c1-3-16-12(15)9(2)8-14-11-7-5-4-6-10(11)13/h4-7,9,14H,3,8H2,1-2H3. The third kappa shape index (κ3) is 3.74. The van der Waals surface area contributed by atoms with E-state index in [4.69, 9.17) is 16.3 Å². The van der Waals surface area contributed by atoms with Gasteiger partial charge in [0.25, 0.3) is 0 Å². The molecule has 88 valence electrons. The molecule has 3 nitrogen and oxygen atoms in total. The van der Waals surface area contributed by atoms with Gasteiger partial charge in [-0.25, -0.2) is 0 Å². The molecule has 0 amide bonds. The monoisotopic (exact) mass is 241 g/mol. The molecule has 1 N–H and O–H groups in total. The summed E-state index contributed by atoms with van der Waals surface area (Å²) >= 11 is 5.97. The van der Waals surface area contributed by atoms with Gasteiger partial charge in [0.05, 0.1) is 23.2 Å². The zero-order valence-electron chi connectivity index (χ0n) is 9.50. The average Bonchev–Trinajstić information content (AvgIpc) is 2.28. The normalized spacial score (nSPS) is 11.9. The molecule has 16 heavy (non-hydrogen) atoms. The van der Waals surface area contributed by atoms with Gasteiger partial charge in [0.15, 0.2) is 0 Å². The Hall–Kier alpha value is -1.22. The summed E-state index contributed by atoms with van der Waals surface area (Å²) in [5, 5.41) is 3.77. The van der Waals surface area contributed by atoms with Crippen LogP contribution in [0.25, 0.3) is 0 Å². The SMILES string of the molecule is CCOC(=O)C(C)CNc1ccccc1Cl. The third-order valence-corrected chi connectivity index (χ3v) is 2.49. The lowest BCUT2D eigenvalue weighted by molar-refractivity contribution is -0.146. The van der Waals surface area contributed by atoms with Crippen LogP contribution in [0.5, 0.6) is 0 Å². The number of halogens is 1. The summed E-state index contributed by atoms with van der Waals surface area (Å²) in [5.41, 5.74) is 0.834. The number of esters is 1. The molecule has 0 aromatic heterocycles. The minimum absolute atomic E-state index is 0.184. The molecular formula is C12H16ClNO2. The number of anilines is 1. The zero-order chi connectivity index (χ0) is 12.0. The highest BCUT2D eigenvalue weighted by Crippen LogP contribution is 2.20. The molecule has 0 aliphatic heterocycles. The summed E-state index contributed by atoms with van der Waals surface area (Å²) < 4.78 is 4.91. The second-order valence-electron chi connectivity index (χ2n) is 3.51. The number of benzene rings is 1. The molecule has 0 heterocycles. The molecule has 0 bridgehead atoms. The molecule has 0 fully saturated rings. The van der Waals surface area contributed by atoms with Crippen molar-refractivity contribution in [2.75, 3.05) is 18.5 Å². The number of nitrogens with one attached hydrogen (secondary N) is 1. The maximum absolute atomic E-state index is 11.4. The number of carbonyl (C=O) groups is 1. The van der Waals surface area contributed by atoms with Crippen LogP contribution in [0.3, 0.4) is 0 Å². The van der Waals surface area contributed by atoms with Crippen molar-refractivity contribution in [3.63, 3.8) is 0 Å². The highest BCUT2D eigenvalue weighted by Gasteiger charge is 2.13. The Morgan fingerprint density at radius 1 is 1.50 bits per heavy atom. The molecule has 4 heteroatoms. The van der Waals surface area contributed by atoms with E-state index in [2.05, 4.69) is 5.32 Å².